The molecule has 0 radical (unpaired) electrons. The van der Waals surface area contributed by atoms with E-state index in [4.69, 9.17) is 21.3 Å². The summed E-state index contributed by atoms with van der Waals surface area (Å²) < 4.78 is 23.0. The summed E-state index contributed by atoms with van der Waals surface area (Å²) in [5.41, 5.74) is 1.09. The first-order valence-electron chi connectivity index (χ1n) is 14.0. The van der Waals surface area contributed by atoms with E-state index < -0.39 is 11.5 Å². The van der Waals surface area contributed by atoms with Crippen molar-refractivity contribution in [3.8, 4) is 28.4 Å². The van der Waals surface area contributed by atoms with Gasteiger partial charge < -0.3 is 19.6 Å². The van der Waals surface area contributed by atoms with Gasteiger partial charge in [-0.2, -0.15) is 4.98 Å². The molecule has 2 atom stereocenters. The van der Waals surface area contributed by atoms with Crippen LogP contribution in [0.5, 0.6) is 11.5 Å². The van der Waals surface area contributed by atoms with Crippen molar-refractivity contribution in [1.29, 1.82) is 0 Å². The molecule has 1 amide bonds. The Kier molecular flexibility index (Phi) is 7.08. The first-order chi connectivity index (χ1) is 20.5. The Labute approximate surface area is 252 Å². The van der Waals surface area contributed by atoms with Crippen molar-refractivity contribution in [2.24, 2.45) is 0 Å². The first kappa shape index (κ1) is 28.6. The molecule has 1 fully saturated rings. The molecule has 0 aliphatic carbocycles. The largest absolute Gasteiger partial charge is 0.507 e. The Hall–Kier alpha value is -4.51. The molecule has 2 aliphatic rings. The van der Waals surface area contributed by atoms with Gasteiger partial charge in [0, 0.05) is 25.3 Å². The van der Waals surface area contributed by atoms with Crippen molar-refractivity contribution in [1.82, 2.24) is 24.4 Å². The second-order valence-electron chi connectivity index (χ2n) is 11.2. The van der Waals surface area contributed by atoms with Gasteiger partial charge in [-0.1, -0.05) is 38.1 Å². The molecule has 10 nitrogen and oxygen atoms in total. The third kappa shape index (κ3) is 4.50. The van der Waals surface area contributed by atoms with E-state index in [2.05, 4.69) is 16.5 Å². The quantitative estimate of drug-likeness (QED) is 0.332. The molecule has 12 heteroatoms. The summed E-state index contributed by atoms with van der Waals surface area (Å²) >= 11 is 6.93. The molecule has 3 aromatic heterocycles. The fourth-order valence-corrected chi connectivity index (χ4v) is 6.25. The number of aromatic hydroxyl groups is 1. The van der Waals surface area contributed by atoms with Crippen LogP contribution in [0.4, 0.5) is 10.2 Å². The molecule has 4 aromatic rings. The number of nitrogens with zero attached hydrogens (tertiary/aromatic N) is 6. The van der Waals surface area contributed by atoms with Crippen LogP contribution in [0.3, 0.4) is 0 Å². The standard InChI is InChI=1S/C31H30ClFN6O4/c1-6-21(41)37-13-18-14-43-28-23-29(38(18)12-17(37)5)36-31(42)39(27-16(4)10-11-34-25(27)15(2)3)30(23)35-26(24(28)32)22-19(33)8-7-9-20(22)40/h6-11,15,17-18,40H,1,12-14H2,2-5H3. The van der Waals surface area contributed by atoms with Crippen LogP contribution < -0.4 is 15.3 Å². The highest BCUT2D eigenvalue weighted by molar-refractivity contribution is 6.36. The van der Waals surface area contributed by atoms with Gasteiger partial charge in [0.05, 0.1) is 23.0 Å². The summed E-state index contributed by atoms with van der Waals surface area (Å²) in [4.78, 5) is 44.3. The van der Waals surface area contributed by atoms with E-state index in [0.29, 0.717) is 29.1 Å². The van der Waals surface area contributed by atoms with Crippen LogP contribution in [0, 0.1) is 12.7 Å². The summed E-state index contributed by atoms with van der Waals surface area (Å²) in [6.45, 7) is 12.1. The maximum Gasteiger partial charge on any atom is 0.355 e. The van der Waals surface area contributed by atoms with Gasteiger partial charge in [-0.3, -0.25) is 9.78 Å². The van der Waals surface area contributed by atoms with Gasteiger partial charge >= 0.3 is 5.69 Å². The fourth-order valence-electron chi connectivity index (χ4n) is 5.97. The average molecular weight is 605 g/mol. The minimum Gasteiger partial charge on any atom is -0.507 e. The van der Waals surface area contributed by atoms with Crippen molar-refractivity contribution in [2.45, 2.75) is 45.7 Å². The van der Waals surface area contributed by atoms with Gasteiger partial charge in [-0.15, -0.1) is 0 Å². The lowest BCUT2D eigenvalue weighted by Crippen LogP contribution is -2.60. The van der Waals surface area contributed by atoms with E-state index >= 15 is 4.39 Å². The van der Waals surface area contributed by atoms with Crippen molar-refractivity contribution >= 4 is 34.4 Å². The van der Waals surface area contributed by atoms with Crippen molar-refractivity contribution < 1.29 is 19.0 Å². The number of fused-ring (bicyclic) bond motifs is 2. The number of aryl methyl sites for hydroxylation is 1. The normalized spacial score (nSPS) is 17.9. The number of ether oxygens (including phenoxy) is 1. The maximum atomic E-state index is 15.3. The van der Waals surface area contributed by atoms with Crippen LogP contribution in [0.2, 0.25) is 5.02 Å². The Bertz CT molecular complexity index is 1860. The number of carbonyl (C=O) groups excluding carboxylic acids is 1. The Morgan fingerprint density at radius 3 is 2.72 bits per heavy atom. The number of aromatic nitrogens is 4. The molecule has 6 rings (SSSR count). The number of anilines is 1. The van der Waals surface area contributed by atoms with Gasteiger partial charge in [0.15, 0.2) is 11.4 Å². The van der Waals surface area contributed by atoms with E-state index in [0.717, 1.165) is 5.56 Å². The highest BCUT2D eigenvalue weighted by atomic mass is 35.5. The summed E-state index contributed by atoms with van der Waals surface area (Å²) in [6, 6.07) is 5.07. The average Bonchev–Trinajstić information content (AvgIpc) is 3.12. The molecular weight excluding hydrogens is 575 g/mol. The molecule has 0 spiro atoms. The predicted molar refractivity (Wildman–Crippen MR) is 162 cm³/mol. The second kappa shape index (κ2) is 10.6. The predicted octanol–water partition coefficient (Wildman–Crippen LogP) is 4.76. The van der Waals surface area contributed by atoms with Crippen molar-refractivity contribution in [3.63, 3.8) is 0 Å². The minimum atomic E-state index is -0.747. The first-order valence-corrected chi connectivity index (χ1v) is 14.3. The van der Waals surface area contributed by atoms with Crippen LogP contribution in [0.1, 0.15) is 37.9 Å². The summed E-state index contributed by atoms with van der Waals surface area (Å²) in [6.07, 6.45) is 2.95. The Morgan fingerprint density at radius 2 is 2.02 bits per heavy atom. The smallest absolute Gasteiger partial charge is 0.355 e. The van der Waals surface area contributed by atoms with E-state index in [1.54, 1.807) is 17.2 Å². The minimum absolute atomic E-state index is 0.0416. The van der Waals surface area contributed by atoms with E-state index in [9.17, 15) is 14.7 Å². The lowest BCUT2D eigenvalue weighted by atomic mass is 10.0. The Balaban J connectivity index is 1.72. The molecule has 1 N–H and O–H groups in total. The van der Waals surface area contributed by atoms with Crippen LogP contribution in [-0.2, 0) is 4.79 Å². The zero-order valence-electron chi connectivity index (χ0n) is 24.1. The van der Waals surface area contributed by atoms with Gasteiger partial charge in [-0.05, 0) is 49.6 Å². The number of piperazine rings is 1. The van der Waals surface area contributed by atoms with Gasteiger partial charge in [0.1, 0.15) is 40.1 Å². The Morgan fingerprint density at radius 1 is 1.26 bits per heavy atom. The van der Waals surface area contributed by atoms with Gasteiger partial charge in [0.2, 0.25) is 5.91 Å². The number of hydrogen-bond acceptors (Lipinski definition) is 8. The molecule has 0 saturated carbocycles. The lowest BCUT2D eigenvalue weighted by Gasteiger charge is -2.44. The summed E-state index contributed by atoms with van der Waals surface area (Å²) in [5, 5.41) is 11.0. The molecule has 0 bridgehead atoms. The fraction of sp³-hybridized carbons (Fsp3) is 0.323. The monoisotopic (exact) mass is 604 g/mol. The summed E-state index contributed by atoms with van der Waals surface area (Å²) in [5.74, 6) is -0.945. The van der Waals surface area contributed by atoms with E-state index in [1.807, 2.05) is 32.6 Å². The molecule has 43 heavy (non-hydrogen) atoms. The number of phenols is 1. The van der Waals surface area contributed by atoms with Crippen molar-refractivity contribution in [2.75, 3.05) is 24.6 Å². The number of phenolic OH excluding ortho intramolecular Hbond substituents is 1. The third-order valence-corrected chi connectivity index (χ3v) is 8.40. The van der Waals surface area contributed by atoms with E-state index in [1.165, 1.54) is 28.8 Å². The highest BCUT2D eigenvalue weighted by Gasteiger charge is 2.40. The highest BCUT2D eigenvalue weighted by Crippen LogP contribution is 2.47. The molecule has 1 saturated heterocycles. The number of hydrogen-bond donors (Lipinski definition) is 1. The lowest BCUT2D eigenvalue weighted by molar-refractivity contribution is -0.129. The molecule has 1 aromatic carbocycles. The van der Waals surface area contributed by atoms with Gasteiger partial charge in [0.25, 0.3) is 0 Å². The number of carbonyl (C=O) groups is 1. The number of benzene rings is 1. The zero-order valence-corrected chi connectivity index (χ0v) is 24.9. The number of rotatable bonds is 4. The maximum absolute atomic E-state index is 15.3. The van der Waals surface area contributed by atoms with Crippen LogP contribution >= 0.6 is 11.6 Å². The molecule has 5 heterocycles. The van der Waals surface area contributed by atoms with Crippen LogP contribution in [-0.4, -0.2) is 67.2 Å². The van der Waals surface area contributed by atoms with Crippen LogP contribution in [0.15, 0.2) is 47.9 Å². The SMILES string of the molecule is C=CC(=O)N1CC2COc3c(Cl)c(-c4c(O)cccc4F)nc4c3c(nc(=O)n4-c3c(C)ccnc3C(C)C)N2CC1C. The number of pyridine rings is 2. The molecular formula is C31H30ClFN6O4. The molecule has 2 unspecified atom stereocenters. The molecule has 2 aliphatic heterocycles. The van der Waals surface area contributed by atoms with Crippen molar-refractivity contribution in [3.05, 3.63) is 75.7 Å². The number of halogens is 2. The van der Waals surface area contributed by atoms with Gasteiger partial charge in [-0.25, -0.2) is 18.7 Å². The third-order valence-electron chi connectivity index (χ3n) is 8.05. The number of amides is 1. The zero-order chi connectivity index (χ0) is 30.7. The topological polar surface area (TPSA) is 114 Å². The van der Waals surface area contributed by atoms with E-state index in [-0.39, 0.29) is 70.5 Å². The summed E-state index contributed by atoms with van der Waals surface area (Å²) in [7, 11) is 0. The molecule has 222 valence electrons. The second-order valence-corrected chi connectivity index (χ2v) is 11.5. The van der Waals surface area contributed by atoms with Crippen LogP contribution in [0.25, 0.3) is 28.0 Å².